The Morgan fingerprint density at radius 3 is 2.94 bits per heavy atom. The van der Waals surface area contributed by atoms with Crippen molar-refractivity contribution in [2.24, 2.45) is 17.1 Å². The Labute approximate surface area is 93.4 Å². The van der Waals surface area contributed by atoms with Crippen molar-refractivity contribution in [3.8, 4) is 0 Å². The maximum Gasteiger partial charge on any atom is 0.201 e. The summed E-state index contributed by atoms with van der Waals surface area (Å²) in [6.45, 7) is 5.24. The molecule has 0 spiro atoms. The predicted molar refractivity (Wildman–Crippen MR) is 60.8 cm³/mol. The van der Waals surface area contributed by atoms with Gasteiger partial charge in [-0.2, -0.15) is 10.3 Å². The summed E-state index contributed by atoms with van der Waals surface area (Å²) in [5.41, 5.74) is 8.79. The lowest BCUT2D eigenvalue weighted by Crippen LogP contribution is -2.05. The summed E-state index contributed by atoms with van der Waals surface area (Å²) < 4.78 is 0. The number of nitrogens with one attached hydrogen (secondary N) is 1. The van der Waals surface area contributed by atoms with Crippen molar-refractivity contribution in [3.05, 3.63) is 17.8 Å². The van der Waals surface area contributed by atoms with Gasteiger partial charge < -0.3 is 5.73 Å². The van der Waals surface area contributed by atoms with E-state index in [2.05, 4.69) is 40.3 Å². The van der Waals surface area contributed by atoms with Crippen molar-refractivity contribution in [1.82, 2.24) is 20.4 Å². The van der Waals surface area contributed by atoms with E-state index < -0.39 is 0 Å². The number of fused-ring (bicyclic) bond motifs is 1. The molecule has 2 aromatic heterocycles. The van der Waals surface area contributed by atoms with Gasteiger partial charge in [-0.25, -0.2) is 4.98 Å². The summed E-state index contributed by atoms with van der Waals surface area (Å²) in [6, 6.07) is 2.06. The van der Waals surface area contributed by atoms with Gasteiger partial charge in [0.25, 0.3) is 0 Å². The largest absolute Gasteiger partial charge is 0.330 e. The molecule has 1 saturated carbocycles. The minimum absolute atomic E-state index is 0.286. The van der Waals surface area contributed by atoms with Gasteiger partial charge in [0.05, 0.1) is 0 Å². The molecule has 2 heterocycles. The summed E-state index contributed by atoms with van der Waals surface area (Å²) in [5, 5.41) is 10.6. The summed E-state index contributed by atoms with van der Waals surface area (Å²) in [4.78, 5) is 4.29. The van der Waals surface area contributed by atoms with Gasteiger partial charge in [0.2, 0.25) is 5.65 Å². The molecule has 0 aliphatic heterocycles. The average Bonchev–Trinajstić information content (AvgIpc) is 2.62. The van der Waals surface area contributed by atoms with Crippen molar-refractivity contribution in [2.45, 2.75) is 19.8 Å². The minimum atomic E-state index is 0.286. The van der Waals surface area contributed by atoms with Crippen LogP contribution in [-0.4, -0.2) is 26.9 Å². The standard InChI is InChI=1S/C11H15N5/c1-11(2)7(4-12)9(11)6-3-8-10(13-5-6)15-16-14-8/h3,5,7,9H,4,12H2,1-2H3,(H,13,14,15,16). The molecule has 5 heteroatoms. The molecular weight excluding hydrogens is 202 g/mol. The molecule has 5 nitrogen and oxygen atoms in total. The highest BCUT2D eigenvalue weighted by Gasteiger charge is 2.57. The zero-order chi connectivity index (χ0) is 11.3. The fraction of sp³-hybridized carbons (Fsp3) is 0.545. The average molecular weight is 217 g/mol. The van der Waals surface area contributed by atoms with Crippen LogP contribution in [0, 0.1) is 11.3 Å². The molecule has 0 saturated heterocycles. The van der Waals surface area contributed by atoms with Gasteiger partial charge in [-0.1, -0.05) is 13.8 Å². The molecule has 84 valence electrons. The first-order chi connectivity index (χ1) is 7.64. The zero-order valence-corrected chi connectivity index (χ0v) is 9.44. The van der Waals surface area contributed by atoms with Crippen LogP contribution in [0.5, 0.6) is 0 Å². The smallest absolute Gasteiger partial charge is 0.201 e. The number of nitrogens with zero attached hydrogens (tertiary/aromatic N) is 3. The number of rotatable bonds is 2. The Morgan fingerprint density at radius 1 is 1.44 bits per heavy atom. The number of pyridine rings is 1. The Balaban J connectivity index is 2.01. The summed E-state index contributed by atoms with van der Waals surface area (Å²) in [5.74, 6) is 1.06. The van der Waals surface area contributed by atoms with E-state index in [1.807, 2.05) is 6.20 Å². The van der Waals surface area contributed by atoms with Crippen LogP contribution in [0.4, 0.5) is 0 Å². The zero-order valence-electron chi connectivity index (χ0n) is 9.44. The summed E-state index contributed by atoms with van der Waals surface area (Å²) >= 11 is 0. The van der Waals surface area contributed by atoms with Crippen LogP contribution in [0.15, 0.2) is 12.3 Å². The highest BCUT2D eigenvalue weighted by Crippen LogP contribution is 2.63. The van der Waals surface area contributed by atoms with E-state index in [9.17, 15) is 0 Å². The number of hydrogen-bond donors (Lipinski definition) is 2. The Hall–Kier alpha value is -1.49. The van der Waals surface area contributed by atoms with Crippen LogP contribution in [0.1, 0.15) is 25.3 Å². The molecule has 0 radical (unpaired) electrons. The highest BCUT2D eigenvalue weighted by molar-refractivity contribution is 5.69. The molecule has 1 aliphatic carbocycles. The van der Waals surface area contributed by atoms with E-state index >= 15 is 0 Å². The first kappa shape index (κ1) is 9.72. The van der Waals surface area contributed by atoms with Crippen LogP contribution < -0.4 is 5.73 Å². The van der Waals surface area contributed by atoms with Gasteiger partial charge in [-0.15, -0.1) is 5.10 Å². The molecule has 0 bridgehead atoms. The molecular formula is C11H15N5. The summed E-state index contributed by atoms with van der Waals surface area (Å²) in [7, 11) is 0. The predicted octanol–water partition coefficient (Wildman–Crippen LogP) is 1.05. The van der Waals surface area contributed by atoms with E-state index in [-0.39, 0.29) is 5.41 Å². The Morgan fingerprint density at radius 2 is 2.25 bits per heavy atom. The van der Waals surface area contributed by atoms with Gasteiger partial charge in [0.15, 0.2) is 0 Å². The van der Waals surface area contributed by atoms with Gasteiger partial charge in [0, 0.05) is 6.20 Å². The van der Waals surface area contributed by atoms with E-state index in [1.54, 1.807) is 0 Å². The van der Waals surface area contributed by atoms with Crippen LogP contribution >= 0.6 is 0 Å². The molecule has 3 N–H and O–H groups in total. The molecule has 0 amide bonds. The fourth-order valence-corrected chi connectivity index (χ4v) is 2.77. The highest BCUT2D eigenvalue weighted by atomic mass is 15.3. The van der Waals surface area contributed by atoms with Crippen LogP contribution in [-0.2, 0) is 0 Å². The topological polar surface area (TPSA) is 80.5 Å². The first-order valence-electron chi connectivity index (χ1n) is 5.51. The molecule has 0 aromatic carbocycles. The van der Waals surface area contributed by atoms with Gasteiger partial charge in [-0.05, 0) is 35.4 Å². The van der Waals surface area contributed by atoms with Crippen molar-refractivity contribution in [2.75, 3.05) is 6.54 Å². The Bertz CT molecular complexity index is 530. The van der Waals surface area contributed by atoms with Crippen LogP contribution in [0.2, 0.25) is 0 Å². The molecule has 3 rings (SSSR count). The van der Waals surface area contributed by atoms with Crippen molar-refractivity contribution in [3.63, 3.8) is 0 Å². The van der Waals surface area contributed by atoms with Crippen LogP contribution in [0.25, 0.3) is 11.2 Å². The number of aromatic amines is 1. The summed E-state index contributed by atoms with van der Waals surface area (Å²) in [6.07, 6.45) is 1.90. The second-order valence-electron chi connectivity index (χ2n) is 5.08. The molecule has 16 heavy (non-hydrogen) atoms. The molecule has 1 aliphatic rings. The lowest BCUT2D eigenvalue weighted by Gasteiger charge is -2.01. The molecule has 2 unspecified atom stereocenters. The van der Waals surface area contributed by atoms with E-state index in [1.165, 1.54) is 5.56 Å². The lowest BCUT2D eigenvalue weighted by molar-refractivity contribution is 0.558. The fourth-order valence-electron chi connectivity index (χ4n) is 2.77. The van der Waals surface area contributed by atoms with E-state index in [4.69, 9.17) is 5.73 Å². The molecule has 2 aromatic rings. The third-order valence-electron chi connectivity index (χ3n) is 3.86. The normalized spacial score (nSPS) is 27.2. The lowest BCUT2D eigenvalue weighted by atomic mass is 10.0. The van der Waals surface area contributed by atoms with E-state index in [0.717, 1.165) is 12.1 Å². The monoisotopic (exact) mass is 217 g/mol. The number of aromatic nitrogens is 4. The SMILES string of the molecule is CC1(C)C(CN)C1c1cnc2n[nH]nc2c1. The van der Waals surface area contributed by atoms with Crippen LogP contribution in [0.3, 0.4) is 0 Å². The maximum atomic E-state index is 5.78. The second kappa shape index (κ2) is 3.01. The minimum Gasteiger partial charge on any atom is -0.330 e. The second-order valence-corrected chi connectivity index (χ2v) is 5.08. The number of H-pyrrole nitrogens is 1. The van der Waals surface area contributed by atoms with E-state index in [0.29, 0.717) is 17.5 Å². The van der Waals surface area contributed by atoms with Crippen molar-refractivity contribution < 1.29 is 0 Å². The van der Waals surface area contributed by atoms with Gasteiger partial charge in [0.1, 0.15) is 5.52 Å². The molecule has 1 fully saturated rings. The number of nitrogens with two attached hydrogens (primary N) is 1. The van der Waals surface area contributed by atoms with Gasteiger partial charge in [-0.3, -0.25) is 0 Å². The maximum absolute atomic E-state index is 5.78. The quantitative estimate of drug-likeness (QED) is 0.788. The van der Waals surface area contributed by atoms with Gasteiger partial charge >= 0.3 is 0 Å². The number of hydrogen-bond acceptors (Lipinski definition) is 4. The molecule has 2 atom stereocenters. The Kier molecular flexibility index (Phi) is 1.83. The third kappa shape index (κ3) is 1.18. The first-order valence-corrected chi connectivity index (χ1v) is 5.51. The third-order valence-corrected chi connectivity index (χ3v) is 3.86. The van der Waals surface area contributed by atoms with Crippen molar-refractivity contribution >= 4 is 11.2 Å². The van der Waals surface area contributed by atoms with Crippen molar-refractivity contribution in [1.29, 1.82) is 0 Å².